The van der Waals surface area contributed by atoms with Crippen LogP contribution in [0.2, 0.25) is 0 Å². The van der Waals surface area contributed by atoms with Gasteiger partial charge in [-0.3, -0.25) is 0 Å². The van der Waals surface area contributed by atoms with E-state index < -0.39 is 74.9 Å². The highest BCUT2D eigenvalue weighted by Gasteiger charge is 2.44. The fourth-order valence-corrected chi connectivity index (χ4v) is 2.06. The normalized spacial score (nSPS) is 37.2. The van der Waals surface area contributed by atoms with E-state index in [4.69, 9.17) is 19.7 Å². The highest BCUT2D eigenvalue weighted by Crippen LogP contribution is 2.22. The van der Waals surface area contributed by atoms with Crippen molar-refractivity contribution in [3.63, 3.8) is 0 Å². The molecule has 0 amide bonds. The van der Waals surface area contributed by atoms with E-state index >= 15 is 0 Å². The van der Waals surface area contributed by atoms with E-state index in [9.17, 15) is 35.7 Å². The van der Waals surface area contributed by atoms with Crippen molar-refractivity contribution in [1.82, 2.24) is 0 Å². The highest BCUT2D eigenvalue weighted by molar-refractivity contribution is 4.89. The van der Waals surface area contributed by atoms with Gasteiger partial charge in [0, 0.05) is 0 Å². The number of aliphatic hydroxyl groups excluding tert-OH is 9. The molecular weight excluding hydrogens is 320 g/mol. The van der Waals surface area contributed by atoms with E-state index in [1.165, 1.54) is 0 Å². The Morgan fingerprint density at radius 3 is 1.91 bits per heavy atom. The van der Waals surface area contributed by atoms with Crippen molar-refractivity contribution in [2.75, 3.05) is 19.8 Å². The first-order valence-electron chi connectivity index (χ1n) is 6.99. The number of aliphatic hydroxyl groups is 9. The van der Waals surface area contributed by atoms with Gasteiger partial charge in [-0.1, -0.05) is 0 Å². The zero-order chi connectivity index (χ0) is 17.7. The summed E-state index contributed by atoms with van der Waals surface area (Å²) in [7, 11) is 0. The van der Waals surface area contributed by atoms with Crippen molar-refractivity contribution < 1.29 is 55.4 Å². The SMILES string of the molecule is OC[C@@H]1O[C@H](OC[C@@H](O)[C@@H](O)[C@@H](O)[C@@H](O)CO)[C@H](O)[C@H](O)[C@H]1O. The van der Waals surface area contributed by atoms with Gasteiger partial charge in [-0.2, -0.15) is 0 Å². The molecule has 0 radical (unpaired) electrons. The third-order valence-corrected chi connectivity index (χ3v) is 3.61. The van der Waals surface area contributed by atoms with Gasteiger partial charge >= 0.3 is 0 Å². The minimum Gasteiger partial charge on any atom is -0.394 e. The van der Waals surface area contributed by atoms with Crippen LogP contribution in [-0.2, 0) is 9.47 Å². The highest BCUT2D eigenvalue weighted by atomic mass is 16.7. The average molecular weight is 344 g/mol. The van der Waals surface area contributed by atoms with Gasteiger partial charge in [0.25, 0.3) is 0 Å². The van der Waals surface area contributed by atoms with Crippen molar-refractivity contribution >= 4 is 0 Å². The molecule has 1 aliphatic heterocycles. The zero-order valence-electron chi connectivity index (χ0n) is 12.2. The molecule has 1 saturated heterocycles. The fraction of sp³-hybridized carbons (Fsp3) is 1.00. The average Bonchev–Trinajstić information content (AvgIpc) is 2.56. The first kappa shape index (κ1) is 20.6. The molecule has 0 unspecified atom stereocenters. The van der Waals surface area contributed by atoms with Gasteiger partial charge in [0.15, 0.2) is 6.29 Å². The van der Waals surface area contributed by atoms with Gasteiger partial charge < -0.3 is 55.4 Å². The molecule has 1 rings (SSSR count). The van der Waals surface area contributed by atoms with Gasteiger partial charge in [-0.25, -0.2) is 0 Å². The summed E-state index contributed by atoms with van der Waals surface area (Å²) in [6.07, 6.45) is -14.7. The number of hydrogen-bond acceptors (Lipinski definition) is 11. The summed E-state index contributed by atoms with van der Waals surface area (Å²) >= 11 is 0. The Morgan fingerprint density at radius 2 is 1.39 bits per heavy atom. The van der Waals surface area contributed by atoms with E-state index in [0.717, 1.165) is 0 Å². The topological polar surface area (TPSA) is 201 Å². The van der Waals surface area contributed by atoms with Crippen LogP contribution in [0.5, 0.6) is 0 Å². The monoisotopic (exact) mass is 344 g/mol. The minimum atomic E-state index is -1.86. The third kappa shape index (κ3) is 5.01. The Bertz CT molecular complexity index is 341. The summed E-state index contributed by atoms with van der Waals surface area (Å²) in [5, 5.41) is 84.4. The molecule has 23 heavy (non-hydrogen) atoms. The fourth-order valence-electron chi connectivity index (χ4n) is 2.06. The van der Waals surface area contributed by atoms with Crippen molar-refractivity contribution in [2.45, 2.75) is 55.1 Å². The molecule has 0 spiro atoms. The molecule has 1 fully saturated rings. The molecule has 9 N–H and O–H groups in total. The lowest BCUT2D eigenvalue weighted by Crippen LogP contribution is -2.59. The van der Waals surface area contributed by atoms with Crippen LogP contribution in [0.1, 0.15) is 0 Å². The predicted octanol–water partition coefficient (Wildman–Crippen LogP) is -5.76. The molecule has 0 aromatic heterocycles. The van der Waals surface area contributed by atoms with Gasteiger partial charge in [0.05, 0.1) is 19.8 Å². The van der Waals surface area contributed by atoms with Gasteiger partial charge in [0.2, 0.25) is 0 Å². The van der Waals surface area contributed by atoms with Crippen LogP contribution in [0, 0.1) is 0 Å². The Hall–Kier alpha value is -0.440. The Labute approximate surface area is 131 Å². The second-order valence-electron chi connectivity index (χ2n) is 5.33. The van der Waals surface area contributed by atoms with Crippen LogP contribution in [0.25, 0.3) is 0 Å². The van der Waals surface area contributed by atoms with E-state index in [2.05, 4.69) is 0 Å². The van der Waals surface area contributed by atoms with E-state index in [-0.39, 0.29) is 0 Å². The van der Waals surface area contributed by atoms with Crippen LogP contribution in [0.4, 0.5) is 0 Å². The minimum absolute atomic E-state index is 0.655. The van der Waals surface area contributed by atoms with Crippen LogP contribution in [-0.4, -0.2) is 121 Å². The van der Waals surface area contributed by atoms with Crippen molar-refractivity contribution in [2.24, 2.45) is 0 Å². The number of ether oxygens (including phenoxy) is 2. The molecule has 0 aliphatic carbocycles. The second-order valence-corrected chi connectivity index (χ2v) is 5.33. The lowest BCUT2D eigenvalue weighted by molar-refractivity contribution is -0.306. The summed E-state index contributed by atoms with van der Waals surface area (Å²) in [6, 6.07) is 0. The molecule has 1 heterocycles. The molecule has 138 valence electrons. The standard InChI is InChI=1S/C12H24O11/c13-1-4(15)7(17)8(18)5(16)3-22-12-11(21)10(20)9(19)6(2-14)23-12/h4-21H,1-3H2/t4-,5+,6-,7-,8+,9-,10+,11+,12-/m0/s1. The maximum Gasteiger partial charge on any atom is 0.186 e. The van der Waals surface area contributed by atoms with E-state index in [1.54, 1.807) is 0 Å². The zero-order valence-corrected chi connectivity index (χ0v) is 12.2. The summed E-state index contributed by atoms with van der Waals surface area (Å²) < 4.78 is 9.99. The Balaban J connectivity index is 2.55. The van der Waals surface area contributed by atoms with Crippen LogP contribution in [0.3, 0.4) is 0 Å². The van der Waals surface area contributed by atoms with Gasteiger partial charge in [-0.15, -0.1) is 0 Å². The summed E-state index contributed by atoms with van der Waals surface area (Å²) in [4.78, 5) is 0. The van der Waals surface area contributed by atoms with Crippen molar-refractivity contribution in [1.29, 1.82) is 0 Å². The van der Waals surface area contributed by atoms with Gasteiger partial charge in [-0.05, 0) is 0 Å². The van der Waals surface area contributed by atoms with Crippen LogP contribution >= 0.6 is 0 Å². The molecule has 0 aromatic carbocycles. The molecule has 11 nitrogen and oxygen atoms in total. The first-order chi connectivity index (χ1) is 10.7. The maximum atomic E-state index is 9.70. The molecule has 0 aromatic rings. The van der Waals surface area contributed by atoms with E-state index in [1.807, 2.05) is 0 Å². The second kappa shape index (κ2) is 9.15. The van der Waals surface area contributed by atoms with Gasteiger partial charge in [0.1, 0.15) is 48.8 Å². The Morgan fingerprint density at radius 1 is 0.826 bits per heavy atom. The smallest absolute Gasteiger partial charge is 0.186 e. The number of rotatable bonds is 8. The molecule has 11 heteroatoms. The summed E-state index contributed by atoms with van der Waals surface area (Å²) in [5.41, 5.74) is 0. The molecule has 0 saturated carbocycles. The number of hydrogen-bond donors (Lipinski definition) is 9. The summed E-state index contributed by atoms with van der Waals surface area (Å²) in [6.45, 7) is -2.16. The quantitative estimate of drug-likeness (QED) is 0.203. The molecular formula is C12H24O11. The van der Waals surface area contributed by atoms with E-state index in [0.29, 0.717) is 0 Å². The first-order valence-corrected chi connectivity index (χ1v) is 6.99. The summed E-state index contributed by atoms with van der Waals surface area (Å²) in [5.74, 6) is 0. The molecule has 0 bridgehead atoms. The molecule has 1 aliphatic rings. The maximum absolute atomic E-state index is 9.70. The largest absolute Gasteiger partial charge is 0.394 e. The Kier molecular flexibility index (Phi) is 8.20. The van der Waals surface area contributed by atoms with Crippen LogP contribution in [0.15, 0.2) is 0 Å². The third-order valence-electron chi connectivity index (χ3n) is 3.61. The lowest BCUT2D eigenvalue weighted by Gasteiger charge is -2.40. The van der Waals surface area contributed by atoms with Crippen LogP contribution < -0.4 is 0 Å². The van der Waals surface area contributed by atoms with Crippen molar-refractivity contribution in [3.8, 4) is 0 Å². The molecule has 9 atom stereocenters. The predicted molar refractivity (Wildman–Crippen MR) is 70.8 cm³/mol. The lowest BCUT2D eigenvalue weighted by atomic mass is 9.99. The van der Waals surface area contributed by atoms with Crippen molar-refractivity contribution in [3.05, 3.63) is 0 Å².